The van der Waals surface area contributed by atoms with Gasteiger partial charge in [-0.1, -0.05) is 48.5 Å². The summed E-state index contributed by atoms with van der Waals surface area (Å²) in [6.07, 6.45) is 0. The van der Waals surface area contributed by atoms with Crippen molar-refractivity contribution in [2.45, 2.75) is 10.7 Å². The van der Waals surface area contributed by atoms with Crippen molar-refractivity contribution < 1.29 is 9.47 Å². The summed E-state index contributed by atoms with van der Waals surface area (Å²) in [6, 6.07) is 20.5. The number of hydrogen-bond donors (Lipinski definition) is 0. The monoisotopic (exact) mass is 272 g/mol. The van der Waals surface area contributed by atoms with Crippen LogP contribution in [0.2, 0.25) is 0 Å². The van der Waals surface area contributed by atoms with Crippen molar-refractivity contribution in [3.8, 4) is 0 Å². The van der Waals surface area contributed by atoms with Gasteiger partial charge in [-0.05, 0) is 12.1 Å². The summed E-state index contributed by atoms with van der Waals surface area (Å²) in [4.78, 5) is 1.23. The molecule has 0 spiro atoms. The summed E-state index contributed by atoms with van der Waals surface area (Å²) >= 11 is 1.76. The molecule has 1 aliphatic rings. The van der Waals surface area contributed by atoms with Crippen LogP contribution in [-0.4, -0.2) is 19.0 Å². The molecule has 0 bridgehead atoms. The molecule has 19 heavy (non-hydrogen) atoms. The van der Waals surface area contributed by atoms with Crippen molar-refractivity contribution in [3.63, 3.8) is 0 Å². The first kappa shape index (κ1) is 12.7. The Balaban J connectivity index is 1.78. The van der Waals surface area contributed by atoms with Crippen LogP contribution in [0.1, 0.15) is 5.56 Å². The molecule has 0 radical (unpaired) electrons. The van der Waals surface area contributed by atoms with E-state index in [4.69, 9.17) is 9.47 Å². The molecule has 0 saturated carbocycles. The molecule has 2 aromatic rings. The maximum Gasteiger partial charge on any atom is 0.204 e. The minimum Gasteiger partial charge on any atom is -0.343 e. The average molecular weight is 272 g/mol. The van der Waals surface area contributed by atoms with Gasteiger partial charge in [0.25, 0.3) is 0 Å². The molecule has 0 aliphatic carbocycles. The molecule has 0 N–H and O–H groups in total. The fourth-order valence-electron chi connectivity index (χ4n) is 2.18. The SMILES string of the molecule is c1ccc(SCC2(c3ccccc3)OCCO2)cc1. The summed E-state index contributed by atoms with van der Waals surface area (Å²) in [5.74, 6) is 0.169. The fourth-order valence-corrected chi connectivity index (χ4v) is 3.21. The maximum atomic E-state index is 5.91. The third kappa shape index (κ3) is 2.84. The molecular formula is C16H16O2S. The second kappa shape index (κ2) is 5.78. The number of hydrogen-bond acceptors (Lipinski definition) is 3. The van der Waals surface area contributed by atoms with Crippen molar-refractivity contribution in [2.75, 3.05) is 19.0 Å². The van der Waals surface area contributed by atoms with Crippen molar-refractivity contribution in [2.24, 2.45) is 0 Å². The van der Waals surface area contributed by atoms with Gasteiger partial charge < -0.3 is 9.47 Å². The first-order valence-electron chi connectivity index (χ1n) is 6.40. The molecule has 1 aliphatic heterocycles. The summed E-state index contributed by atoms with van der Waals surface area (Å²) in [7, 11) is 0. The van der Waals surface area contributed by atoms with Crippen molar-refractivity contribution >= 4 is 11.8 Å². The molecule has 0 atom stereocenters. The number of thioether (sulfide) groups is 1. The predicted octanol–water partition coefficient (Wildman–Crippen LogP) is 3.68. The Kier molecular flexibility index (Phi) is 3.87. The average Bonchev–Trinajstić information content (AvgIpc) is 2.97. The summed E-state index contributed by atoms with van der Waals surface area (Å²) < 4.78 is 11.8. The van der Waals surface area contributed by atoms with Crippen molar-refractivity contribution in [3.05, 3.63) is 66.2 Å². The highest BCUT2D eigenvalue weighted by atomic mass is 32.2. The van der Waals surface area contributed by atoms with Gasteiger partial charge in [-0.3, -0.25) is 0 Å². The molecule has 2 aromatic carbocycles. The second-order valence-electron chi connectivity index (χ2n) is 4.42. The van der Waals surface area contributed by atoms with Crippen LogP contribution in [0.5, 0.6) is 0 Å². The van der Waals surface area contributed by atoms with E-state index in [9.17, 15) is 0 Å². The smallest absolute Gasteiger partial charge is 0.204 e. The van der Waals surface area contributed by atoms with Gasteiger partial charge in [0.2, 0.25) is 5.79 Å². The van der Waals surface area contributed by atoms with Crippen LogP contribution < -0.4 is 0 Å². The zero-order valence-corrected chi connectivity index (χ0v) is 11.4. The van der Waals surface area contributed by atoms with Gasteiger partial charge in [0, 0.05) is 10.5 Å². The molecule has 1 fully saturated rings. The minimum atomic E-state index is -0.595. The quantitative estimate of drug-likeness (QED) is 0.791. The van der Waals surface area contributed by atoms with Crippen LogP contribution in [0.4, 0.5) is 0 Å². The third-order valence-electron chi connectivity index (χ3n) is 3.14. The summed E-state index contributed by atoms with van der Waals surface area (Å²) in [6.45, 7) is 1.31. The standard InChI is InChI=1S/C16H16O2S/c1-3-7-14(8-4-1)16(17-11-12-18-16)13-19-15-9-5-2-6-10-15/h1-10H,11-13H2. The van der Waals surface area contributed by atoms with Crippen LogP contribution in [0.3, 0.4) is 0 Å². The topological polar surface area (TPSA) is 18.5 Å². The third-order valence-corrected chi connectivity index (χ3v) is 4.27. The number of rotatable bonds is 4. The van der Waals surface area contributed by atoms with E-state index in [0.717, 1.165) is 11.3 Å². The largest absolute Gasteiger partial charge is 0.343 e. The molecule has 0 aromatic heterocycles. The van der Waals surface area contributed by atoms with Gasteiger partial charge in [0.15, 0.2) is 0 Å². The van der Waals surface area contributed by atoms with Crippen LogP contribution in [-0.2, 0) is 15.3 Å². The van der Waals surface area contributed by atoms with E-state index in [1.54, 1.807) is 11.8 Å². The molecule has 1 saturated heterocycles. The lowest BCUT2D eigenvalue weighted by atomic mass is 10.1. The van der Waals surface area contributed by atoms with E-state index < -0.39 is 5.79 Å². The Morgan fingerprint density at radius 2 is 1.42 bits per heavy atom. The summed E-state index contributed by atoms with van der Waals surface area (Å²) in [5.41, 5.74) is 1.09. The lowest BCUT2D eigenvalue weighted by Gasteiger charge is -2.27. The van der Waals surface area contributed by atoms with Crippen LogP contribution in [0.25, 0.3) is 0 Å². The highest BCUT2D eigenvalue weighted by Gasteiger charge is 2.38. The van der Waals surface area contributed by atoms with E-state index in [2.05, 4.69) is 24.3 Å². The Bertz CT molecular complexity index is 507. The normalized spacial score (nSPS) is 17.5. The van der Waals surface area contributed by atoms with E-state index in [1.807, 2.05) is 36.4 Å². The van der Waals surface area contributed by atoms with Gasteiger partial charge in [-0.2, -0.15) is 0 Å². The van der Waals surface area contributed by atoms with Gasteiger partial charge in [-0.15, -0.1) is 11.8 Å². The molecule has 0 unspecified atom stereocenters. The lowest BCUT2D eigenvalue weighted by Crippen LogP contribution is -2.30. The van der Waals surface area contributed by atoms with E-state index >= 15 is 0 Å². The van der Waals surface area contributed by atoms with Gasteiger partial charge >= 0.3 is 0 Å². The van der Waals surface area contributed by atoms with Gasteiger partial charge in [0.05, 0.1) is 19.0 Å². The molecule has 3 heteroatoms. The number of ether oxygens (including phenoxy) is 2. The first-order valence-corrected chi connectivity index (χ1v) is 7.39. The molecule has 3 rings (SSSR count). The van der Waals surface area contributed by atoms with Crippen LogP contribution >= 0.6 is 11.8 Å². The minimum absolute atomic E-state index is 0.595. The predicted molar refractivity (Wildman–Crippen MR) is 77.2 cm³/mol. The summed E-state index contributed by atoms with van der Waals surface area (Å²) in [5, 5.41) is 0. The van der Waals surface area contributed by atoms with Gasteiger partial charge in [-0.25, -0.2) is 0 Å². The number of benzene rings is 2. The Morgan fingerprint density at radius 1 is 0.842 bits per heavy atom. The van der Waals surface area contributed by atoms with Crippen molar-refractivity contribution in [1.82, 2.24) is 0 Å². The van der Waals surface area contributed by atoms with E-state index in [0.29, 0.717) is 13.2 Å². The Morgan fingerprint density at radius 3 is 2.05 bits per heavy atom. The molecular weight excluding hydrogens is 256 g/mol. The Labute approximate surface area is 117 Å². The van der Waals surface area contributed by atoms with E-state index in [-0.39, 0.29) is 0 Å². The van der Waals surface area contributed by atoms with Crippen LogP contribution in [0.15, 0.2) is 65.6 Å². The zero-order valence-electron chi connectivity index (χ0n) is 10.6. The molecule has 1 heterocycles. The first-order chi connectivity index (χ1) is 9.39. The van der Waals surface area contributed by atoms with Crippen LogP contribution in [0, 0.1) is 0 Å². The van der Waals surface area contributed by atoms with Gasteiger partial charge in [0.1, 0.15) is 0 Å². The highest BCUT2D eigenvalue weighted by Crippen LogP contribution is 2.36. The maximum absolute atomic E-state index is 5.91. The Hall–Kier alpha value is -1.29. The highest BCUT2D eigenvalue weighted by molar-refractivity contribution is 7.99. The molecule has 98 valence electrons. The van der Waals surface area contributed by atoms with Crippen molar-refractivity contribution in [1.29, 1.82) is 0 Å². The van der Waals surface area contributed by atoms with E-state index in [1.165, 1.54) is 4.90 Å². The lowest BCUT2D eigenvalue weighted by molar-refractivity contribution is -0.145. The fraction of sp³-hybridized carbons (Fsp3) is 0.250. The molecule has 2 nitrogen and oxygen atoms in total. The molecule has 0 amide bonds. The second-order valence-corrected chi connectivity index (χ2v) is 5.47. The zero-order chi connectivity index (χ0) is 13.0.